The Kier molecular flexibility index (Phi) is 5.84. The van der Waals surface area contributed by atoms with Crippen LogP contribution in [0.15, 0.2) is 34.0 Å². The molecule has 3 rings (SSSR count). The predicted octanol–water partition coefficient (Wildman–Crippen LogP) is -0.205. The van der Waals surface area contributed by atoms with E-state index in [9.17, 15) is 14.4 Å². The molecule has 1 atom stereocenters. The number of methoxy groups -OCH3 is 1. The molecular formula is C17H21N5O5. The Morgan fingerprint density at radius 1 is 1.26 bits per heavy atom. The molecule has 0 aromatic carbocycles. The normalized spacial score (nSPS) is 16.8. The molecule has 0 radical (unpaired) electrons. The summed E-state index contributed by atoms with van der Waals surface area (Å²) in [6.45, 7) is 1.31. The standard InChI is InChI=1S/C17H21N5O5/c1-26-14-4-5-15(20-19-14)27-12-3-2-8-22(11-12)16(24)7-10-21-9-6-13(23)18-17(21)25/h4-6,9,12H,2-3,7-8,10-11H2,1H3,(H,18,23,25). The molecule has 0 saturated carbocycles. The van der Waals surface area contributed by atoms with Gasteiger partial charge in [-0.3, -0.25) is 14.6 Å². The average Bonchev–Trinajstić information content (AvgIpc) is 2.68. The van der Waals surface area contributed by atoms with E-state index in [1.54, 1.807) is 17.0 Å². The molecule has 2 aromatic rings. The highest BCUT2D eigenvalue weighted by molar-refractivity contribution is 5.76. The number of carbonyl (C=O) groups is 1. The fraction of sp³-hybridized carbons (Fsp3) is 0.471. The van der Waals surface area contributed by atoms with Crippen molar-refractivity contribution in [3.8, 4) is 11.8 Å². The van der Waals surface area contributed by atoms with Gasteiger partial charge in [0.1, 0.15) is 6.10 Å². The molecular weight excluding hydrogens is 354 g/mol. The highest BCUT2D eigenvalue weighted by Crippen LogP contribution is 2.18. The SMILES string of the molecule is COc1ccc(OC2CCCN(C(=O)CCn3ccc(=O)[nH]c3=O)C2)nn1. The van der Waals surface area contributed by atoms with E-state index >= 15 is 0 Å². The van der Waals surface area contributed by atoms with Crippen molar-refractivity contribution in [2.24, 2.45) is 0 Å². The number of nitrogens with one attached hydrogen (secondary N) is 1. The molecule has 3 heterocycles. The Hall–Kier alpha value is -3.17. The van der Waals surface area contributed by atoms with Crippen LogP contribution in [0.5, 0.6) is 11.8 Å². The Balaban J connectivity index is 1.54. The first kappa shape index (κ1) is 18.6. The van der Waals surface area contributed by atoms with Gasteiger partial charge in [0.15, 0.2) is 0 Å². The van der Waals surface area contributed by atoms with E-state index in [-0.39, 0.29) is 25.0 Å². The van der Waals surface area contributed by atoms with Gasteiger partial charge < -0.3 is 18.9 Å². The minimum Gasteiger partial charge on any atom is -0.480 e. The second kappa shape index (κ2) is 8.47. The van der Waals surface area contributed by atoms with Gasteiger partial charge in [-0.15, -0.1) is 10.2 Å². The first-order valence-corrected chi connectivity index (χ1v) is 8.67. The van der Waals surface area contributed by atoms with Gasteiger partial charge in [-0.25, -0.2) is 4.79 Å². The van der Waals surface area contributed by atoms with Crippen molar-refractivity contribution >= 4 is 5.91 Å². The number of aryl methyl sites for hydroxylation is 1. The summed E-state index contributed by atoms with van der Waals surface area (Å²) in [5, 5.41) is 7.80. The Morgan fingerprint density at radius 3 is 2.74 bits per heavy atom. The minimum atomic E-state index is -0.520. The molecule has 0 spiro atoms. The fourth-order valence-electron chi connectivity index (χ4n) is 2.91. The number of piperidine rings is 1. The van der Waals surface area contributed by atoms with Crippen molar-refractivity contribution in [3.63, 3.8) is 0 Å². The van der Waals surface area contributed by atoms with Gasteiger partial charge in [-0.05, 0) is 12.8 Å². The maximum Gasteiger partial charge on any atom is 0.328 e. The average molecular weight is 375 g/mol. The third-order valence-electron chi connectivity index (χ3n) is 4.31. The minimum absolute atomic E-state index is 0.0674. The number of hydrogen-bond donors (Lipinski definition) is 1. The molecule has 10 heteroatoms. The van der Waals surface area contributed by atoms with Gasteiger partial charge >= 0.3 is 5.69 Å². The largest absolute Gasteiger partial charge is 0.480 e. The molecule has 0 aliphatic carbocycles. The summed E-state index contributed by atoms with van der Waals surface area (Å²) in [4.78, 5) is 39.1. The number of hydrogen-bond acceptors (Lipinski definition) is 7. The summed E-state index contributed by atoms with van der Waals surface area (Å²) in [7, 11) is 1.51. The summed E-state index contributed by atoms with van der Waals surface area (Å²) in [6, 6.07) is 4.59. The van der Waals surface area contributed by atoms with Gasteiger partial charge in [0, 0.05) is 43.9 Å². The molecule has 0 bridgehead atoms. The van der Waals surface area contributed by atoms with Crippen LogP contribution in [0.25, 0.3) is 0 Å². The molecule has 10 nitrogen and oxygen atoms in total. The van der Waals surface area contributed by atoms with Crippen LogP contribution in [0.4, 0.5) is 0 Å². The lowest BCUT2D eigenvalue weighted by atomic mass is 10.1. The van der Waals surface area contributed by atoms with Gasteiger partial charge in [-0.1, -0.05) is 0 Å². The number of rotatable bonds is 6. The lowest BCUT2D eigenvalue weighted by Crippen LogP contribution is -2.45. The Labute approximate surface area is 154 Å². The molecule has 1 N–H and O–H groups in total. The summed E-state index contributed by atoms with van der Waals surface area (Å²) < 4.78 is 12.1. The van der Waals surface area contributed by atoms with Crippen molar-refractivity contribution in [2.75, 3.05) is 20.2 Å². The van der Waals surface area contributed by atoms with Crippen LogP contribution in [-0.2, 0) is 11.3 Å². The molecule has 1 aliphatic heterocycles. The summed E-state index contributed by atoms with van der Waals surface area (Å²) >= 11 is 0. The topological polar surface area (TPSA) is 119 Å². The van der Waals surface area contributed by atoms with E-state index in [2.05, 4.69) is 15.2 Å². The van der Waals surface area contributed by atoms with Gasteiger partial charge in [-0.2, -0.15) is 0 Å². The molecule has 1 fully saturated rings. The molecule has 2 aromatic heterocycles. The van der Waals surface area contributed by atoms with Crippen LogP contribution >= 0.6 is 0 Å². The van der Waals surface area contributed by atoms with Crippen molar-refractivity contribution in [1.82, 2.24) is 24.6 Å². The van der Waals surface area contributed by atoms with Crippen molar-refractivity contribution in [1.29, 1.82) is 0 Å². The summed E-state index contributed by atoms with van der Waals surface area (Å²) in [5.41, 5.74) is -0.978. The van der Waals surface area contributed by atoms with Crippen LogP contribution in [0, 0.1) is 0 Å². The zero-order chi connectivity index (χ0) is 19.2. The zero-order valence-corrected chi connectivity index (χ0v) is 15.0. The van der Waals surface area contributed by atoms with E-state index in [4.69, 9.17) is 9.47 Å². The quantitative estimate of drug-likeness (QED) is 0.742. The number of carbonyl (C=O) groups excluding carboxylic acids is 1. The van der Waals surface area contributed by atoms with Crippen LogP contribution in [0.1, 0.15) is 19.3 Å². The maximum atomic E-state index is 12.5. The van der Waals surface area contributed by atoms with E-state index < -0.39 is 11.2 Å². The highest BCUT2D eigenvalue weighted by atomic mass is 16.5. The molecule has 1 aliphatic rings. The van der Waals surface area contributed by atoms with Crippen LogP contribution < -0.4 is 20.7 Å². The maximum absolute atomic E-state index is 12.5. The Morgan fingerprint density at radius 2 is 2.04 bits per heavy atom. The number of amides is 1. The number of nitrogens with zero attached hydrogens (tertiary/aromatic N) is 4. The van der Waals surface area contributed by atoms with Gasteiger partial charge in [0.05, 0.1) is 13.7 Å². The first-order valence-electron chi connectivity index (χ1n) is 8.67. The van der Waals surface area contributed by atoms with Crippen molar-refractivity contribution < 1.29 is 14.3 Å². The van der Waals surface area contributed by atoms with Crippen molar-refractivity contribution in [3.05, 3.63) is 45.2 Å². The van der Waals surface area contributed by atoms with Gasteiger partial charge in [0.25, 0.3) is 5.56 Å². The van der Waals surface area contributed by atoms with Crippen molar-refractivity contribution in [2.45, 2.75) is 31.9 Å². The third-order valence-corrected chi connectivity index (χ3v) is 4.31. The van der Waals surface area contributed by atoms with E-state index in [0.717, 1.165) is 12.8 Å². The molecule has 1 amide bonds. The molecule has 1 saturated heterocycles. The number of aromatic nitrogens is 4. The molecule has 144 valence electrons. The zero-order valence-electron chi connectivity index (χ0n) is 15.0. The van der Waals surface area contributed by atoms with E-state index in [0.29, 0.717) is 24.8 Å². The first-order chi connectivity index (χ1) is 13.0. The lowest BCUT2D eigenvalue weighted by molar-refractivity contribution is -0.134. The summed E-state index contributed by atoms with van der Waals surface area (Å²) in [6.07, 6.45) is 3.02. The predicted molar refractivity (Wildman–Crippen MR) is 94.8 cm³/mol. The van der Waals surface area contributed by atoms with E-state index in [1.807, 2.05) is 0 Å². The monoisotopic (exact) mass is 375 g/mol. The summed E-state index contributed by atoms with van der Waals surface area (Å²) in [5.74, 6) is 0.720. The van der Waals surface area contributed by atoms with Crippen LogP contribution in [0.2, 0.25) is 0 Å². The smallest absolute Gasteiger partial charge is 0.328 e. The number of H-pyrrole nitrogens is 1. The Bertz CT molecular complexity index is 892. The second-order valence-electron chi connectivity index (χ2n) is 6.19. The molecule has 27 heavy (non-hydrogen) atoms. The lowest BCUT2D eigenvalue weighted by Gasteiger charge is -2.32. The van der Waals surface area contributed by atoms with Crippen LogP contribution in [-0.4, -0.2) is 56.9 Å². The fourth-order valence-corrected chi connectivity index (χ4v) is 2.91. The number of ether oxygens (including phenoxy) is 2. The third kappa shape index (κ3) is 4.93. The van der Waals surface area contributed by atoms with E-state index in [1.165, 1.54) is 23.9 Å². The highest BCUT2D eigenvalue weighted by Gasteiger charge is 2.25. The number of aromatic amines is 1. The molecule has 1 unspecified atom stereocenters. The number of likely N-dealkylation sites (tertiary alicyclic amines) is 1. The van der Waals surface area contributed by atoms with Gasteiger partial charge in [0.2, 0.25) is 17.7 Å². The van der Waals surface area contributed by atoms with Crippen LogP contribution in [0.3, 0.4) is 0 Å². The second-order valence-corrected chi connectivity index (χ2v) is 6.19.